The minimum atomic E-state index is -4.59. The van der Waals surface area contributed by atoms with Crippen LogP contribution in [0.3, 0.4) is 0 Å². The van der Waals surface area contributed by atoms with Gasteiger partial charge in [-0.15, -0.1) is 0 Å². The van der Waals surface area contributed by atoms with Crippen LogP contribution < -0.4 is 15.6 Å². The molecule has 5 rings (SSSR count). The van der Waals surface area contributed by atoms with E-state index in [-0.39, 0.29) is 45.4 Å². The van der Waals surface area contributed by atoms with Crippen LogP contribution >= 0.6 is 27.5 Å². The molecule has 1 aromatic carbocycles. The van der Waals surface area contributed by atoms with Gasteiger partial charge in [0.1, 0.15) is 28.9 Å². The quantitative estimate of drug-likeness (QED) is 0.313. The van der Waals surface area contributed by atoms with E-state index in [4.69, 9.17) is 11.6 Å². The molecule has 2 amide bonds. The molecule has 0 spiro atoms. The number of carbonyl (C=O) groups excluding carboxylic acids is 2. The molecular formula is C28H25BrClF3N8O3. The highest BCUT2D eigenvalue weighted by atomic mass is 79.9. The van der Waals surface area contributed by atoms with Crippen molar-refractivity contribution in [1.29, 1.82) is 0 Å². The second-order valence-electron chi connectivity index (χ2n) is 9.99. The average Bonchev–Trinajstić information content (AvgIpc) is 2.98. The first-order valence-electron chi connectivity index (χ1n) is 13.4. The van der Waals surface area contributed by atoms with Gasteiger partial charge in [0, 0.05) is 37.6 Å². The van der Waals surface area contributed by atoms with Crippen LogP contribution in [0.15, 0.2) is 46.2 Å². The van der Waals surface area contributed by atoms with Gasteiger partial charge in [0.15, 0.2) is 11.2 Å². The minimum absolute atomic E-state index is 0.00166. The molecule has 11 nitrogen and oxygen atoms in total. The zero-order valence-electron chi connectivity index (χ0n) is 23.5. The molecule has 4 heterocycles. The van der Waals surface area contributed by atoms with Crippen LogP contribution in [0, 0.1) is 6.92 Å². The number of carbonyl (C=O) groups is 2. The lowest BCUT2D eigenvalue weighted by molar-refractivity contribution is -0.137. The summed E-state index contributed by atoms with van der Waals surface area (Å²) >= 11 is 9.31. The SMILES string of the molecule is CCc1c(N2CCN(C(=O)c3cc(C)ncn3)CC2)c(=O)c2nc(Br)cnc2n1CC(=O)Nc1ccc(C(F)(F)F)cc1Cl. The van der Waals surface area contributed by atoms with Gasteiger partial charge in [-0.05, 0) is 53.5 Å². The van der Waals surface area contributed by atoms with Crippen molar-refractivity contribution in [2.24, 2.45) is 0 Å². The molecule has 1 fully saturated rings. The third-order valence-corrected chi connectivity index (χ3v) is 7.82. The average molecular weight is 694 g/mol. The summed E-state index contributed by atoms with van der Waals surface area (Å²) in [5.74, 6) is -0.840. The summed E-state index contributed by atoms with van der Waals surface area (Å²) in [5, 5.41) is 2.28. The number of alkyl halides is 3. The summed E-state index contributed by atoms with van der Waals surface area (Å²) in [7, 11) is 0. The van der Waals surface area contributed by atoms with Crippen LogP contribution in [0.5, 0.6) is 0 Å². The van der Waals surface area contributed by atoms with Gasteiger partial charge < -0.3 is 19.7 Å². The Morgan fingerprint density at radius 1 is 1.09 bits per heavy atom. The van der Waals surface area contributed by atoms with E-state index in [9.17, 15) is 27.6 Å². The molecule has 44 heavy (non-hydrogen) atoms. The molecule has 0 atom stereocenters. The number of anilines is 2. The second-order valence-corrected chi connectivity index (χ2v) is 11.2. The van der Waals surface area contributed by atoms with E-state index in [0.29, 0.717) is 54.3 Å². The number of aromatic nitrogens is 5. The van der Waals surface area contributed by atoms with Crippen LogP contribution in [0.1, 0.15) is 34.4 Å². The van der Waals surface area contributed by atoms with E-state index >= 15 is 0 Å². The van der Waals surface area contributed by atoms with Crippen molar-refractivity contribution in [3.05, 3.63) is 79.3 Å². The van der Waals surface area contributed by atoms with Crippen molar-refractivity contribution in [3.63, 3.8) is 0 Å². The lowest BCUT2D eigenvalue weighted by atomic mass is 10.1. The molecule has 1 aliphatic rings. The Bertz CT molecular complexity index is 1830. The summed E-state index contributed by atoms with van der Waals surface area (Å²) in [6.07, 6.45) is -1.51. The first kappa shape index (κ1) is 31.3. The van der Waals surface area contributed by atoms with Gasteiger partial charge in [-0.3, -0.25) is 14.4 Å². The number of nitrogens with zero attached hydrogens (tertiary/aromatic N) is 7. The van der Waals surface area contributed by atoms with Crippen LogP contribution in [0.4, 0.5) is 24.5 Å². The van der Waals surface area contributed by atoms with E-state index < -0.39 is 17.6 Å². The molecule has 4 aromatic rings. The fraction of sp³-hybridized carbons (Fsp3) is 0.321. The third-order valence-electron chi connectivity index (χ3n) is 7.12. The Kier molecular flexibility index (Phi) is 8.88. The molecule has 0 unspecified atom stereocenters. The molecule has 230 valence electrons. The Morgan fingerprint density at radius 2 is 1.82 bits per heavy atom. The monoisotopic (exact) mass is 692 g/mol. The molecule has 0 radical (unpaired) electrons. The highest BCUT2D eigenvalue weighted by Gasteiger charge is 2.31. The van der Waals surface area contributed by atoms with Crippen molar-refractivity contribution in [3.8, 4) is 0 Å². The number of halogens is 5. The van der Waals surface area contributed by atoms with Crippen molar-refractivity contribution in [2.75, 3.05) is 36.4 Å². The summed E-state index contributed by atoms with van der Waals surface area (Å²) in [6.45, 7) is 4.57. The molecule has 3 aromatic heterocycles. The molecule has 1 saturated heterocycles. The molecule has 0 aliphatic carbocycles. The number of fused-ring (bicyclic) bond motifs is 1. The first-order chi connectivity index (χ1) is 20.9. The van der Waals surface area contributed by atoms with Gasteiger partial charge in [-0.2, -0.15) is 13.2 Å². The van der Waals surface area contributed by atoms with Gasteiger partial charge in [0.25, 0.3) is 5.91 Å². The van der Waals surface area contributed by atoms with Gasteiger partial charge in [-0.1, -0.05) is 18.5 Å². The van der Waals surface area contributed by atoms with E-state index in [2.05, 4.69) is 41.2 Å². The predicted octanol–water partition coefficient (Wildman–Crippen LogP) is 4.49. The first-order valence-corrected chi connectivity index (χ1v) is 14.6. The van der Waals surface area contributed by atoms with Crippen molar-refractivity contribution < 1.29 is 22.8 Å². The van der Waals surface area contributed by atoms with E-state index in [0.717, 1.165) is 18.2 Å². The number of hydrogen-bond donors (Lipinski definition) is 1. The predicted molar refractivity (Wildman–Crippen MR) is 161 cm³/mol. The van der Waals surface area contributed by atoms with Gasteiger partial charge in [0.2, 0.25) is 11.3 Å². The van der Waals surface area contributed by atoms with E-state index in [1.54, 1.807) is 22.5 Å². The summed E-state index contributed by atoms with van der Waals surface area (Å²) in [4.78, 5) is 60.4. The maximum Gasteiger partial charge on any atom is 0.416 e. The molecular weight excluding hydrogens is 669 g/mol. The zero-order valence-corrected chi connectivity index (χ0v) is 25.8. The normalized spacial score (nSPS) is 13.8. The number of piperazine rings is 1. The minimum Gasteiger partial charge on any atom is -0.363 e. The summed E-state index contributed by atoms with van der Waals surface area (Å²) in [6, 6.07) is 4.26. The zero-order chi connectivity index (χ0) is 31.8. The Balaban J connectivity index is 1.46. The highest BCUT2D eigenvalue weighted by molar-refractivity contribution is 9.10. The topological polar surface area (TPSA) is 126 Å². The molecule has 0 saturated carbocycles. The van der Waals surface area contributed by atoms with Crippen LogP contribution in [-0.4, -0.2) is 67.4 Å². The number of benzene rings is 1. The van der Waals surface area contributed by atoms with Crippen LogP contribution in [-0.2, 0) is 23.9 Å². The molecule has 16 heteroatoms. The number of aryl methyl sites for hydroxylation is 1. The Labute approximate surface area is 262 Å². The van der Waals surface area contributed by atoms with Crippen molar-refractivity contribution in [2.45, 2.75) is 33.0 Å². The number of pyridine rings is 1. The van der Waals surface area contributed by atoms with Gasteiger partial charge >= 0.3 is 6.18 Å². The molecule has 1 aliphatic heterocycles. The Hall–Kier alpha value is -4.11. The smallest absolute Gasteiger partial charge is 0.363 e. The molecule has 0 bridgehead atoms. The Morgan fingerprint density at radius 3 is 2.45 bits per heavy atom. The maximum absolute atomic E-state index is 13.8. The summed E-state index contributed by atoms with van der Waals surface area (Å²) in [5.41, 5.74) is 0.676. The number of nitrogens with one attached hydrogen (secondary N) is 1. The van der Waals surface area contributed by atoms with Gasteiger partial charge in [0.05, 0.1) is 22.5 Å². The standard InChI is InChI=1S/C28H25BrClF3N8O3/c1-3-20-24(39-6-8-40(9-7-39)27(44)19-10-15(2)35-14-36-19)25(43)23-26(34-12-21(29)38-23)41(20)13-22(42)37-18-5-4-16(11-17(18)30)28(31,32)33/h4-5,10-12,14H,3,6-9,13H2,1-2H3,(H,37,42). The fourth-order valence-electron chi connectivity index (χ4n) is 5.06. The number of amides is 2. The van der Waals surface area contributed by atoms with E-state index in [1.165, 1.54) is 12.5 Å². The lowest BCUT2D eigenvalue weighted by Gasteiger charge is -2.37. The summed E-state index contributed by atoms with van der Waals surface area (Å²) < 4.78 is 41.1. The van der Waals surface area contributed by atoms with E-state index in [1.807, 2.05) is 11.8 Å². The maximum atomic E-state index is 13.8. The molecule has 1 N–H and O–H groups in total. The van der Waals surface area contributed by atoms with Crippen LogP contribution in [0.25, 0.3) is 11.2 Å². The van der Waals surface area contributed by atoms with Crippen molar-refractivity contribution in [1.82, 2.24) is 29.4 Å². The number of rotatable bonds is 6. The second kappa shape index (κ2) is 12.5. The van der Waals surface area contributed by atoms with Crippen LogP contribution in [0.2, 0.25) is 5.02 Å². The fourth-order valence-corrected chi connectivity index (χ4v) is 5.56. The lowest BCUT2D eigenvalue weighted by Crippen LogP contribution is -2.50. The van der Waals surface area contributed by atoms with Gasteiger partial charge in [-0.25, -0.2) is 19.9 Å². The third kappa shape index (κ3) is 6.38. The largest absolute Gasteiger partial charge is 0.416 e. The van der Waals surface area contributed by atoms with Crippen molar-refractivity contribution >= 4 is 61.9 Å². The number of hydrogen-bond acceptors (Lipinski definition) is 8. The highest BCUT2D eigenvalue weighted by Crippen LogP contribution is 2.34.